The summed E-state index contributed by atoms with van der Waals surface area (Å²) in [6, 6.07) is 9.77. The van der Waals surface area contributed by atoms with Crippen molar-refractivity contribution < 1.29 is 4.79 Å². The van der Waals surface area contributed by atoms with Crippen molar-refractivity contribution in [3.05, 3.63) is 42.5 Å². The average molecular weight is 272 g/mol. The molecule has 1 aromatic carbocycles. The molecule has 5 heteroatoms. The fourth-order valence-corrected chi connectivity index (χ4v) is 2.01. The quantitative estimate of drug-likeness (QED) is 0.442. The van der Waals surface area contributed by atoms with Gasteiger partial charge in [-0.15, -0.1) is 0 Å². The van der Waals surface area contributed by atoms with Crippen molar-refractivity contribution >= 4 is 17.6 Å². The highest BCUT2D eigenvalue weighted by Gasteiger charge is 2.12. The molecule has 0 aliphatic heterocycles. The molecule has 106 valence electrons. The molecule has 0 unspecified atom stereocenters. The van der Waals surface area contributed by atoms with Crippen LogP contribution in [-0.4, -0.2) is 31.5 Å². The maximum absolute atomic E-state index is 11.8. The Kier molecular flexibility index (Phi) is 5.17. The zero-order chi connectivity index (χ0) is 14.2. The minimum absolute atomic E-state index is 0.0938. The summed E-state index contributed by atoms with van der Waals surface area (Å²) >= 11 is 0. The van der Waals surface area contributed by atoms with Crippen LogP contribution >= 0.6 is 0 Å². The first-order valence-electron chi connectivity index (χ1n) is 6.75. The van der Waals surface area contributed by atoms with Crippen LogP contribution in [0.3, 0.4) is 0 Å². The van der Waals surface area contributed by atoms with Gasteiger partial charge in [0.05, 0.1) is 6.54 Å². The molecule has 0 atom stereocenters. The second-order valence-electron chi connectivity index (χ2n) is 4.62. The number of nitrogens with zero attached hydrogens (tertiary/aromatic N) is 1. The van der Waals surface area contributed by atoms with Crippen LogP contribution in [0.15, 0.2) is 47.5 Å². The number of benzene rings is 1. The van der Waals surface area contributed by atoms with Crippen molar-refractivity contribution in [3.8, 4) is 0 Å². The van der Waals surface area contributed by atoms with Crippen molar-refractivity contribution in [3.63, 3.8) is 0 Å². The van der Waals surface area contributed by atoms with Crippen molar-refractivity contribution in [1.82, 2.24) is 10.6 Å². The zero-order valence-corrected chi connectivity index (χ0v) is 11.6. The number of carbonyl (C=O) groups excluding carboxylic acids is 1. The first-order chi connectivity index (χ1) is 9.78. The Labute approximate surface area is 119 Å². The van der Waals surface area contributed by atoms with Gasteiger partial charge in [0.1, 0.15) is 0 Å². The summed E-state index contributed by atoms with van der Waals surface area (Å²) in [5, 5.41) is 9.12. The van der Waals surface area contributed by atoms with Crippen LogP contribution in [0.4, 0.5) is 5.69 Å². The molecular formula is C15H20N4O. The van der Waals surface area contributed by atoms with Crippen molar-refractivity contribution in [2.45, 2.75) is 18.9 Å². The van der Waals surface area contributed by atoms with Gasteiger partial charge >= 0.3 is 0 Å². The number of hydrogen-bond acceptors (Lipinski definition) is 2. The third-order valence-electron chi connectivity index (χ3n) is 3.05. The van der Waals surface area contributed by atoms with Crippen LogP contribution in [0.25, 0.3) is 0 Å². The number of amides is 1. The smallest absolute Gasteiger partial charge is 0.243 e. The Morgan fingerprint density at radius 1 is 1.25 bits per heavy atom. The van der Waals surface area contributed by atoms with E-state index >= 15 is 0 Å². The molecule has 0 fully saturated rings. The van der Waals surface area contributed by atoms with Crippen molar-refractivity contribution in [2.75, 3.05) is 18.9 Å². The van der Waals surface area contributed by atoms with Gasteiger partial charge in [0.15, 0.2) is 5.96 Å². The van der Waals surface area contributed by atoms with Gasteiger partial charge in [0.2, 0.25) is 5.91 Å². The maximum Gasteiger partial charge on any atom is 0.243 e. The number of aliphatic imine (C=N–C) groups is 1. The molecule has 1 aliphatic rings. The summed E-state index contributed by atoms with van der Waals surface area (Å²) in [6.07, 6.45) is 6.29. The molecule has 20 heavy (non-hydrogen) atoms. The van der Waals surface area contributed by atoms with E-state index in [1.54, 1.807) is 7.05 Å². The Bertz CT molecular complexity index is 488. The summed E-state index contributed by atoms with van der Waals surface area (Å²) < 4.78 is 0. The van der Waals surface area contributed by atoms with Crippen LogP contribution in [0, 0.1) is 0 Å². The number of guanidine groups is 1. The first-order valence-corrected chi connectivity index (χ1v) is 6.75. The molecule has 0 saturated heterocycles. The standard InChI is InChI=1S/C15H20N4O/c1-16-15(19-13-9-5-6-10-13)17-11-14(20)18-12-7-3-2-4-8-12/h2-8,13H,9-11H2,1H3,(H,18,20)(H2,16,17,19). The maximum atomic E-state index is 11.8. The highest BCUT2D eigenvalue weighted by molar-refractivity contribution is 5.94. The Balaban J connectivity index is 1.74. The molecule has 5 nitrogen and oxygen atoms in total. The van der Waals surface area contributed by atoms with E-state index in [4.69, 9.17) is 0 Å². The number of para-hydroxylation sites is 1. The SMILES string of the molecule is CN=C(NCC(=O)Nc1ccccc1)NC1CC=CC1. The van der Waals surface area contributed by atoms with Gasteiger partial charge in [-0.2, -0.15) is 0 Å². The molecule has 0 bridgehead atoms. The Hall–Kier alpha value is -2.30. The van der Waals surface area contributed by atoms with Gasteiger partial charge in [0.25, 0.3) is 0 Å². The molecule has 1 aromatic rings. The van der Waals surface area contributed by atoms with E-state index < -0.39 is 0 Å². The van der Waals surface area contributed by atoms with Gasteiger partial charge in [-0.1, -0.05) is 30.4 Å². The number of nitrogens with one attached hydrogen (secondary N) is 3. The first kappa shape index (κ1) is 14.1. The molecule has 0 saturated carbocycles. The van der Waals surface area contributed by atoms with E-state index in [1.165, 1.54) is 0 Å². The predicted molar refractivity (Wildman–Crippen MR) is 81.7 cm³/mol. The molecular weight excluding hydrogens is 252 g/mol. The predicted octanol–water partition coefficient (Wildman–Crippen LogP) is 1.51. The zero-order valence-electron chi connectivity index (χ0n) is 11.6. The lowest BCUT2D eigenvalue weighted by molar-refractivity contribution is -0.115. The molecule has 0 aromatic heterocycles. The summed E-state index contributed by atoms with van der Waals surface area (Å²) in [5.74, 6) is 0.561. The van der Waals surface area contributed by atoms with Gasteiger partial charge in [-0.3, -0.25) is 9.79 Å². The van der Waals surface area contributed by atoms with Crippen LogP contribution in [0.1, 0.15) is 12.8 Å². The van der Waals surface area contributed by atoms with Crippen molar-refractivity contribution in [2.24, 2.45) is 4.99 Å². The van der Waals surface area contributed by atoms with Gasteiger partial charge in [-0.05, 0) is 25.0 Å². The summed E-state index contributed by atoms with van der Waals surface area (Å²) in [5.41, 5.74) is 0.794. The normalized spacial score (nSPS) is 15.2. The van der Waals surface area contributed by atoms with Crippen molar-refractivity contribution in [1.29, 1.82) is 0 Å². The van der Waals surface area contributed by atoms with E-state index in [2.05, 4.69) is 33.1 Å². The summed E-state index contributed by atoms with van der Waals surface area (Å²) in [7, 11) is 1.70. The van der Waals surface area contributed by atoms with E-state index in [-0.39, 0.29) is 12.5 Å². The van der Waals surface area contributed by atoms with E-state index in [0.717, 1.165) is 18.5 Å². The lowest BCUT2D eigenvalue weighted by Crippen LogP contribution is -2.45. The van der Waals surface area contributed by atoms with Crippen LogP contribution < -0.4 is 16.0 Å². The molecule has 0 heterocycles. The fraction of sp³-hybridized carbons (Fsp3) is 0.333. The second kappa shape index (κ2) is 7.33. The summed E-state index contributed by atoms with van der Waals surface area (Å²) in [4.78, 5) is 15.9. The minimum atomic E-state index is -0.0938. The minimum Gasteiger partial charge on any atom is -0.353 e. The molecule has 0 radical (unpaired) electrons. The molecule has 1 aliphatic carbocycles. The second-order valence-corrected chi connectivity index (χ2v) is 4.62. The number of rotatable bonds is 4. The third kappa shape index (κ3) is 4.42. The lowest BCUT2D eigenvalue weighted by atomic mass is 10.2. The molecule has 0 spiro atoms. The largest absolute Gasteiger partial charge is 0.353 e. The van der Waals surface area contributed by atoms with Crippen LogP contribution in [-0.2, 0) is 4.79 Å². The Morgan fingerprint density at radius 2 is 1.95 bits per heavy atom. The fourth-order valence-electron chi connectivity index (χ4n) is 2.01. The lowest BCUT2D eigenvalue weighted by Gasteiger charge is -2.16. The monoisotopic (exact) mass is 272 g/mol. The van der Waals surface area contributed by atoms with Gasteiger partial charge in [-0.25, -0.2) is 0 Å². The topological polar surface area (TPSA) is 65.5 Å². The molecule has 1 amide bonds. The Morgan fingerprint density at radius 3 is 2.60 bits per heavy atom. The highest BCUT2D eigenvalue weighted by Crippen LogP contribution is 2.08. The van der Waals surface area contributed by atoms with E-state index in [9.17, 15) is 4.79 Å². The van der Waals surface area contributed by atoms with E-state index in [1.807, 2.05) is 30.3 Å². The summed E-state index contributed by atoms with van der Waals surface area (Å²) in [6.45, 7) is 0.189. The van der Waals surface area contributed by atoms with Gasteiger partial charge in [0, 0.05) is 18.8 Å². The van der Waals surface area contributed by atoms with Crippen LogP contribution in [0.2, 0.25) is 0 Å². The average Bonchev–Trinajstić information content (AvgIpc) is 2.97. The third-order valence-corrected chi connectivity index (χ3v) is 3.05. The van der Waals surface area contributed by atoms with E-state index in [0.29, 0.717) is 12.0 Å². The highest BCUT2D eigenvalue weighted by atomic mass is 16.1. The number of anilines is 1. The van der Waals surface area contributed by atoms with Crippen LogP contribution in [0.5, 0.6) is 0 Å². The number of hydrogen-bond donors (Lipinski definition) is 3. The molecule has 2 rings (SSSR count). The molecule has 3 N–H and O–H groups in total. The number of carbonyl (C=O) groups is 1. The van der Waals surface area contributed by atoms with Gasteiger partial charge < -0.3 is 16.0 Å².